The van der Waals surface area contributed by atoms with Crippen molar-refractivity contribution in [1.82, 2.24) is 14.9 Å². The molecule has 1 aromatic carbocycles. The second kappa shape index (κ2) is 9.25. The Hall–Kier alpha value is -1.30. The van der Waals surface area contributed by atoms with Crippen molar-refractivity contribution in [3.8, 4) is 0 Å². The number of rotatable bonds is 4. The molecule has 3 rings (SSSR count). The zero-order valence-electron chi connectivity index (χ0n) is 13.9. The van der Waals surface area contributed by atoms with Crippen LogP contribution < -0.4 is 11.1 Å². The zero-order chi connectivity index (χ0) is 15.5. The molecule has 1 heterocycles. The number of carbonyl (C=O) groups excluding carboxylic acids is 1. The molecule has 5 nitrogen and oxygen atoms in total. The number of halogens is 2. The minimum atomic E-state index is 0. The number of amides is 1. The molecule has 1 aliphatic rings. The van der Waals surface area contributed by atoms with Crippen molar-refractivity contribution >= 4 is 41.8 Å². The lowest BCUT2D eigenvalue weighted by atomic mass is 9.85. The summed E-state index contributed by atoms with van der Waals surface area (Å²) in [5.41, 5.74) is 8.08. The molecule has 0 saturated heterocycles. The fourth-order valence-electron chi connectivity index (χ4n) is 3.38. The lowest BCUT2D eigenvalue weighted by Crippen LogP contribution is -2.38. The average Bonchev–Trinajstić information content (AvgIpc) is 2.83. The van der Waals surface area contributed by atoms with Gasteiger partial charge in [0.25, 0.3) is 0 Å². The highest BCUT2D eigenvalue weighted by Crippen LogP contribution is 2.23. The molecule has 0 spiro atoms. The van der Waals surface area contributed by atoms with E-state index in [1.807, 2.05) is 25.1 Å². The van der Waals surface area contributed by atoms with Crippen LogP contribution in [0, 0.1) is 12.8 Å². The summed E-state index contributed by atoms with van der Waals surface area (Å²) in [7, 11) is 0. The van der Waals surface area contributed by atoms with Gasteiger partial charge in [0.05, 0.1) is 11.0 Å². The minimum absolute atomic E-state index is 0. The van der Waals surface area contributed by atoms with Gasteiger partial charge >= 0.3 is 0 Å². The molecule has 134 valence electrons. The molecule has 0 bridgehead atoms. The van der Waals surface area contributed by atoms with Gasteiger partial charge in [-0.2, -0.15) is 0 Å². The maximum atomic E-state index is 12.2. The molecule has 7 heteroatoms. The summed E-state index contributed by atoms with van der Waals surface area (Å²) in [6.07, 6.45) is 3.89. The van der Waals surface area contributed by atoms with E-state index in [2.05, 4.69) is 20.9 Å². The fraction of sp³-hybridized carbons (Fsp3) is 0.529. The number of benzene rings is 1. The molecule has 1 aromatic heterocycles. The number of aryl methyl sites for hydroxylation is 1. The Morgan fingerprint density at radius 3 is 2.83 bits per heavy atom. The number of para-hydroxylation sites is 2. The third-order valence-electron chi connectivity index (χ3n) is 4.57. The second-order valence-corrected chi connectivity index (χ2v) is 6.21. The molecule has 0 aliphatic heterocycles. The molecule has 1 aliphatic carbocycles. The van der Waals surface area contributed by atoms with Crippen molar-refractivity contribution in [3.63, 3.8) is 0 Å². The Kier molecular flexibility index (Phi) is 8.00. The highest BCUT2D eigenvalue weighted by molar-refractivity contribution is 5.85. The van der Waals surface area contributed by atoms with Crippen LogP contribution in [0.4, 0.5) is 0 Å². The van der Waals surface area contributed by atoms with Crippen molar-refractivity contribution < 1.29 is 4.79 Å². The number of hydrogen-bond acceptors (Lipinski definition) is 3. The van der Waals surface area contributed by atoms with Crippen LogP contribution >= 0.6 is 24.8 Å². The van der Waals surface area contributed by atoms with Crippen molar-refractivity contribution in [1.29, 1.82) is 0 Å². The van der Waals surface area contributed by atoms with Gasteiger partial charge in [-0.1, -0.05) is 18.6 Å². The van der Waals surface area contributed by atoms with Gasteiger partial charge in [0.1, 0.15) is 5.82 Å². The SMILES string of the molecule is Cc1nc2ccccc2n1CCNC(=O)C1CCCC(N)C1.Cl.Cl. The van der Waals surface area contributed by atoms with Gasteiger partial charge in [-0.3, -0.25) is 4.79 Å². The van der Waals surface area contributed by atoms with E-state index in [9.17, 15) is 4.79 Å². The van der Waals surface area contributed by atoms with E-state index in [-0.39, 0.29) is 42.7 Å². The van der Waals surface area contributed by atoms with Gasteiger partial charge in [0.2, 0.25) is 5.91 Å². The van der Waals surface area contributed by atoms with E-state index >= 15 is 0 Å². The lowest BCUT2D eigenvalue weighted by Gasteiger charge is -2.25. The molecule has 2 unspecified atom stereocenters. The van der Waals surface area contributed by atoms with Crippen LogP contribution in [0.15, 0.2) is 24.3 Å². The molecule has 3 N–H and O–H groups in total. The minimum Gasteiger partial charge on any atom is -0.354 e. The summed E-state index contributed by atoms with van der Waals surface area (Å²) >= 11 is 0. The van der Waals surface area contributed by atoms with Crippen LogP contribution in [0.3, 0.4) is 0 Å². The Balaban J connectivity index is 0.00000144. The van der Waals surface area contributed by atoms with Crippen LogP contribution in [0.5, 0.6) is 0 Å². The third kappa shape index (κ3) is 4.62. The lowest BCUT2D eigenvalue weighted by molar-refractivity contribution is -0.126. The zero-order valence-corrected chi connectivity index (χ0v) is 15.5. The van der Waals surface area contributed by atoms with E-state index < -0.39 is 0 Å². The standard InChI is InChI=1S/C17H24N4O.2ClH/c1-12-20-15-7-2-3-8-16(15)21(12)10-9-19-17(22)13-5-4-6-14(18)11-13;;/h2-3,7-8,13-14H,4-6,9-11,18H2,1H3,(H,19,22);2*1H. The number of carbonyl (C=O) groups is 1. The van der Waals surface area contributed by atoms with Gasteiger partial charge in [0.15, 0.2) is 0 Å². The predicted octanol–water partition coefficient (Wildman–Crippen LogP) is 2.82. The van der Waals surface area contributed by atoms with Crippen LogP contribution in [-0.4, -0.2) is 28.0 Å². The summed E-state index contributed by atoms with van der Waals surface area (Å²) in [4.78, 5) is 16.8. The van der Waals surface area contributed by atoms with Crippen LogP contribution in [0.2, 0.25) is 0 Å². The molecule has 1 amide bonds. The predicted molar refractivity (Wildman–Crippen MR) is 102 cm³/mol. The fourth-order valence-corrected chi connectivity index (χ4v) is 3.38. The monoisotopic (exact) mass is 372 g/mol. The Morgan fingerprint density at radius 1 is 1.33 bits per heavy atom. The summed E-state index contributed by atoms with van der Waals surface area (Å²) in [5.74, 6) is 1.22. The molecule has 2 aromatic rings. The largest absolute Gasteiger partial charge is 0.354 e. The number of nitrogens with zero attached hydrogens (tertiary/aromatic N) is 2. The number of nitrogens with one attached hydrogen (secondary N) is 1. The van der Waals surface area contributed by atoms with Crippen molar-refractivity contribution in [2.45, 2.75) is 45.2 Å². The number of fused-ring (bicyclic) bond motifs is 1. The van der Waals surface area contributed by atoms with E-state index in [4.69, 9.17) is 5.73 Å². The normalized spacial score (nSPS) is 20.1. The third-order valence-corrected chi connectivity index (χ3v) is 4.57. The van der Waals surface area contributed by atoms with Crippen LogP contribution in [0.25, 0.3) is 11.0 Å². The van der Waals surface area contributed by atoms with E-state index in [0.29, 0.717) is 6.54 Å². The first-order valence-electron chi connectivity index (χ1n) is 8.10. The molecular formula is C17H26Cl2N4O. The Morgan fingerprint density at radius 2 is 2.08 bits per heavy atom. The molecule has 24 heavy (non-hydrogen) atoms. The number of nitrogens with two attached hydrogens (primary N) is 1. The van der Waals surface area contributed by atoms with Gasteiger partial charge in [-0.15, -0.1) is 24.8 Å². The Labute approximate surface area is 155 Å². The number of hydrogen-bond donors (Lipinski definition) is 2. The first kappa shape index (κ1) is 20.7. The maximum Gasteiger partial charge on any atom is 0.223 e. The highest BCUT2D eigenvalue weighted by atomic mass is 35.5. The maximum absolute atomic E-state index is 12.2. The van der Waals surface area contributed by atoms with E-state index in [1.165, 1.54) is 0 Å². The van der Waals surface area contributed by atoms with Crippen LogP contribution in [0.1, 0.15) is 31.5 Å². The van der Waals surface area contributed by atoms with E-state index in [0.717, 1.165) is 49.1 Å². The van der Waals surface area contributed by atoms with Crippen molar-refractivity contribution in [3.05, 3.63) is 30.1 Å². The van der Waals surface area contributed by atoms with Crippen molar-refractivity contribution in [2.75, 3.05) is 6.54 Å². The summed E-state index contributed by atoms with van der Waals surface area (Å²) < 4.78 is 2.15. The molecule has 1 saturated carbocycles. The summed E-state index contributed by atoms with van der Waals surface area (Å²) in [5, 5.41) is 3.06. The molecule has 0 radical (unpaired) electrons. The Bertz CT molecular complexity index is 674. The molecule has 2 atom stereocenters. The average molecular weight is 373 g/mol. The summed E-state index contributed by atoms with van der Waals surface area (Å²) in [6, 6.07) is 8.28. The first-order valence-corrected chi connectivity index (χ1v) is 8.10. The second-order valence-electron chi connectivity index (χ2n) is 6.21. The van der Waals surface area contributed by atoms with Gasteiger partial charge in [-0.05, 0) is 38.3 Å². The number of imidazole rings is 1. The van der Waals surface area contributed by atoms with E-state index in [1.54, 1.807) is 0 Å². The first-order chi connectivity index (χ1) is 10.6. The summed E-state index contributed by atoms with van der Waals surface area (Å²) in [6.45, 7) is 3.38. The molecular weight excluding hydrogens is 347 g/mol. The topological polar surface area (TPSA) is 72.9 Å². The van der Waals surface area contributed by atoms with Crippen LogP contribution in [-0.2, 0) is 11.3 Å². The number of aromatic nitrogens is 2. The van der Waals surface area contributed by atoms with Gasteiger partial charge < -0.3 is 15.6 Å². The van der Waals surface area contributed by atoms with Gasteiger partial charge in [-0.25, -0.2) is 4.98 Å². The quantitative estimate of drug-likeness (QED) is 0.866. The van der Waals surface area contributed by atoms with Gasteiger partial charge in [0, 0.05) is 25.0 Å². The smallest absolute Gasteiger partial charge is 0.223 e. The highest BCUT2D eigenvalue weighted by Gasteiger charge is 2.24. The molecule has 1 fully saturated rings. The van der Waals surface area contributed by atoms with Crippen molar-refractivity contribution in [2.24, 2.45) is 11.7 Å².